The lowest BCUT2D eigenvalue weighted by molar-refractivity contribution is -0.280. The van der Waals surface area contributed by atoms with E-state index in [1.807, 2.05) is 0 Å². The van der Waals surface area contributed by atoms with E-state index in [-0.39, 0.29) is 0 Å². The summed E-state index contributed by atoms with van der Waals surface area (Å²) in [4.78, 5) is 4.22. The number of rotatable bonds is 4. The minimum absolute atomic E-state index is 0.365. The number of benzene rings is 1. The predicted molar refractivity (Wildman–Crippen MR) is 82.7 cm³/mol. The number of ether oxygens (including phenoxy) is 3. The standard InChI is InChI=1S/C16H19NO7/c1-22-8-2-3-9-10(6-8)17-5-4-11(9)23-15-14(20)13(19)12(7-18)24-16(15)21/h2-6,12-16,18-21H,7H2,1H3/t12?,13-,14?,15-,16+/m1/s1. The molecule has 1 aromatic carbocycles. The van der Waals surface area contributed by atoms with E-state index in [9.17, 15) is 15.3 Å². The minimum Gasteiger partial charge on any atom is -0.497 e. The number of aromatic nitrogens is 1. The maximum atomic E-state index is 10.2. The highest BCUT2D eigenvalue weighted by Gasteiger charge is 2.45. The molecule has 1 aromatic heterocycles. The lowest BCUT2D eigenvalue weighted by Crippen LogP contribution is -2.60. The van der Waals surface area contributed by atoms with Crippen LogP contribution in [0.2, 0.25) is 0 Å². The van der Waals surface area contributed by atoms with Gasteiger partial charge in [0.25, 0.3) is 0 Å². The summed E-state index contributed by atoms with van der Waals surface area (Å²) in [6, 6.07) is 6.78. The molecule has 0 bridgehead atoms. The first kappa shape index (κ1) is 16.9. The number of nitrogens with zero attached hydrogens (tertiary/aromatic N) is 1. The summed E-state index contributed by atoms with van der Waals surface area (Å²) >= 11 is 0. The fourth-order valence-corrected chi connectivity index (χ4v) is 2.68. The van der Waals surface area contributed by atoms with Gasteiger partial charge in [0.1, 0.15) is 29.8 Å². The smallest absolute Gasteiger partial charge is 0.195 e. The first-order valence-corrected chi connectivity index (χ1v) is 7.45. The summed E-state index contributed by atoms with van der Waals surface area (Å²) in [6.07, 6.45) is -5.07. The van der Waals surface area contributed by atoms with E-state index in [0.717, 1.165) is 0 Å². The van der Waals surface area contributed by atoms with Crippen LogP contribution in [0.3, 0.4) is 0 Å². The zero-order chi connectivity index (χ0) is 17.3. The summed E-state index contributed by atoms with van der Waals surface area (Å²) < 4.78 is 15.9. The van der Waals surface area contributed by atoms with Crippen molar-refractivity contribution in [2.75, 3.05) is 13.7 Å². The highest BCUT2D eigenvalue weighted by atomic mass is 16.7. The van der Waals surface area contributed by atoms with Crippen LogP contribution in [-0.4, -0.2) is 69.8 Å². The maximum absolute atomic E-state index is 10.2. The second kappa shape index (κ2) is 6.88. The molecule has 4 N–H and O–H groups in total. The molecule has 0 spiro atoms. The van der Waals surface area contributed by atoms with Gasteiger partial charge in [-0.25, -0.2) is 0 Å². The molecule has 0 amide bonds. The summed E-state index contributed by atoms with van der Waals surface area (Å²) in [6.45, 7) is -0.528. The number of methoxy groups -OCH3 is 1. The van der Waals surface area contributed by atoms with E-state index in [1.54, 1.807) is 31.4 Å². The van der Waals surface area contributed by atoms with E-state index in [0.29, 0.717) is 22.4 Å². The zero-order valence-corrected chi connectivity index (χ0v) is 12.9. The maximum Gasteiger partial charge on any atom is 0.195 e. The highest BCUT2D eigenvalue weighted by Crippen LogP contribution is 2.30. The predicted octanol–water partition coefficient (Wildman–Crippen LogP) is -0.578. The van der Waals surface area contributed by atoms with Crippen molar-refractivity contribution in [1.29, 1.82) is 0 Å². The monoisotopic (exact) mass is 337 g/mol. The molecule has 1 aliphatic rings. The van der Waals surface area contributed by atoms with Crippen LogP contribution in [0.1, 0.15) is 0 Å². The Hall–Kier alpha value is -1.97. The Labute approximate surface area is 137 Å². The van der Waals surface area contributed by atoms with Gasteiger partial charge < -0.3 is 34.6 Å². The fraction of sp³-hybridized carbons (Fsp3) is 0.438. The van der Waals surface area contributed by atoms with Crippen molar-refractivity contribution in [3.05, 3.63) is 30.5 Å². The van der Waals surface area contributed by atoms with Gasteiger partial charge in [-0.1, -0.05) is 0 Å². The molecule has 1 fully saturated rings. The normalized spacial score (nSPS) is 30.3. The third-order valence-electron chi connectivity index (χ3n) is 4.02. The summed E-state index contributed by atoms with van der Waals surface area (Å²) in [7, 11) is 1.55. The Balaban J connectivity index is 1.89. The van der Waals surface area contributed by atoms with Crippen LogP contribution >= 0.6 is 0 Å². The van der Waals surface area contributed by atoms with Crippen LogP contribution in [0.4, 0.5) is 0 Å². The highest BCUT2D eigenvalue weighted by molar-refractivity contribution is 5.86. The lowest BCUT2D eigenvalue weighted by atomic mass is 9.99. The van der Waals surface area contributed by atoms with Gasteiger partial charge in [-0.3, -0.25) is 4.98 Å². The molecule has 1 saturated heterocycles. The average molecular weight is 337 g/mol. The lowest BCUT2D eigenvalue weighted by Gasteiger charge is -2.39. The van der Waals surface area contributed by atoms with Crippen molar-refractivity contribution in [2.45, 2.75) is 30.7 Å². The van der Waals surface area contributed by atoms with Crippen LogP contribution in [-0.2, 0) is 4.74 Å². The van der Waals surface area contributed by atoms with Crippen LogP contribution in [0.25, 0.3) is 10.9 Å². The van der Waals surface area contributed by atoms with Gasteiger partial charge in [-0.15, -0.1) is 0 Å². The molecule has 8 nitrogen and oxygen atoms in total. The molecule has 2 unspecified atom stereocenters. The van der Waals surface area contributed by atoms with Crippen LogP contribution in [0.15, 0.2) is 30.5 Å². The van der Waals surface area contributed by atoms with Crippen molar-refractivity contribution in [3.8, 4) is 11.5 Å². The van der Waals surface area contributed by atoms with Crippen LogP contribution in [0.5, 0.6) is 11.5 Å². The number of fused-ring (bicyclic) bond motifs is 1. The molecular formula is C16H19NO7. The largest absolute Gasteiger partial charge is 0.497 e. The molecule has 0 saturated carbocycles. The van der Waals surface area contributed by atoms with E-state index in [1.165, 1.54) is 6.20 Å². The Kier molecular flexibility index (Phi) is 4.83. The molecule has 1 aliphatic heterocycles. The average Bonchev–Trinajstić information content (AvgIpc) is 2.61. The summed E-state index contributed by atoms with van der Waals surface area (Å²) in [5.74, 6) is 0.999. The van der Waals surface area contributed by atoms with E-state index < -0.39 is 37.3 Å². The van der Waals surface area contributed by atoms with E-state index in [4.69, 9.17) is 19.3 Å². The van der Waals surface area contributed by atoms with Gasteiger partial charge in [0.05, 0.1) is 19.2 Å². The molecule has 5 atom stereocenters. The Morgan fingerprint density at radius 3 is 2.67 bits per heavy atom. The minimum atomic E-state index is -1.50. The molecule has 8 heteroatoms. The first-order chi connectivity index (χ1) is 11.5. The summed E-state index contributed by atoms with van der Waals surface area (Å²) in [5.41, 5.74) is 0.612. The number of aliphatic hydroxyl groups is 4. The molecule has 0 aliphatic carbocycles. The van der Waals surface area contributed by atoms with Gasteiger partial charge in [0.2, 0.25) is 0 Å². The molecule has 0 radical (unpaired) electrons. The Morgan fingerprint density at radius 2 is 1.96 bits per heavy atom. The van der Waals surface area contributed by atoms with Crippen molar-refractivity contribution in [2.24, 2.45) is 0 Å². The van der Waals surface area contributed by atoms with Crippen molar-refractivity contribution >= 4 is 10.9 Å². The van der Waals surface area contributed by atoms with Crippen molar-refractivity contribution in [3.63, 3.8) is 0 Å². The first-order valence-electron chi connectivity index (χ1n) is 7.45. The van der Waals surface area contributed by atoms with Gasteiger partial charge in [0.15, 0.2) is 12.4 Å². The molecule has 3 rings (SSSR count). The van der Waals surface area contributed by atoms with E-state index in [2.05, 4.69) is 4.98 Å². The van der Waals surface area contributed by atoms with Gasteiger partial charge in [-0.05, 0) is 18.2 Å². The topological polar surface area (TPSA) is 122 Å². The van der Waals surface area contributed by atoms with Crippen molar-refractivity contribution < 1.29 is 34.6 Å². The zero-order valence-electron chi connectivity index (χ0n) is 12.9. The molecule has 2 aromatic rings. The van der Waals surface area contributed by atoms with Crippen LogP contribution in [0, 0.1) is 0 Å². The second-order valence-corrected chi connectivity index (χ2v) is 5.50. The summed E-state index contributed by atoms with van der Waals surface area (Å²) in [5, 5.41) is 39.8. The molecule has 2 heterocycles. The number of pyridine rings is 1. The quantitative estimate of drug-likeness (QED) is 0.585. The van der Waals surface area contributed by atoms with Crippen LogP contribution < -0.4 is 9.47 Å². The SMILES string of the molecule is COc1ccc2c(O[C@@H]3C(O)[C@H](O)C(CO)O[C@@H]3O)ccnc2c1. The van der Waals surface area contributed by atoms with Crippen molar-refractivity contribution in [1.82, 2.24) is 4.98 Å². The number of aliphatic hydroxyl groups excluding tert-OH is 4. The third kappa shape index (κ3) is 3.02. The Morgan fingerprint density at radius 1 is 1.17 bits per heavy atom. The molecular weight excluding hydrogens is 318 g/mol. The van der Waals surface area contributed by atoms with Gasteiger partial charge in [-0.2, -0.15) is 0 Å². The second-order valence-electron chi connectivity index (χ2n) is 5.50. The fourth-order valence-electron chi connectivity index (χ4n) is 2.68. The van der Waals surface area contributed by atoms with E-state index >= 15 is 0 Å². The number of hydrogen-bond acceptors (Lipinski definition) is 8. The Bertz CT molecular complexity index is 710. The molecule has 24 heavy (non-hydrogen) atoms. The number of hydrogen-bond donors (Lipinski definition) is 4. The molecule has 130 valence electrons. The third-order valence-corrected chi connectivity index (χ3v) is 4.02. The van der Waals surface area contributed by atoms with Gasteiger partial charge in [0, 0.05) is 17.6 Å². The van der Waals surface area contributed by atoms with Gasteiger partial charge >= 0.3 is 0 Å².